The fourth-order valence-corrected chi connectivity index (χ4v) is 3.60. The van der Waals surface area contributed by atoms with Crippen LogP contribution in [0.2, 0.25) is 10.0 Å². The molecular weight excluding hydrogens is 385 g/mol. The van der Waals surface area contributed by atoms with E-state index < -0.39 is 0 Å². The number of fused-ring (bicyclic) bond motifs is 1. The number of halogens is 2. The maximum absolute atomic E-state index is 13.1. The van der Waals surface area contributed by atoms with Gasteiger partial charge in [0, 0.05) is 19.0 Å². The molecule has 0 saturated heterocycles. The molecule has 0 bridgehead atoms. The topological polar surface area (TPSA) is 52.7 Å². The molecule has 0 aliphatic carbocycles. The third-order valence-electron chi connectivity index (χ3n) is 4.47. The third-order valence-corrected chi connectivity index (χ3v) is 5.21. The van der Waals surface area contributed by atoms with E-state index >= 15 is 0 Å². The molecule has 0 aromatic heterocycles. The van der Waals surface area contributed by atoms with Crippen molar-refractivity contribution < 1.29 is 9.59 Å². The highest BCUT2D eigenvalue weighted by atomic mass is 35.5. The molecule has 0 radical (unpaired) electrons. The molecule has 2 aromatic carbocycles. The van der Waals surface area contributed by atoms with Crippen LogP contribution in [-0.2, 0) is 16.1 Å². The highest BCUT2D eigenvalue weighted by Crippen LogP contribution is 2.31. The van der Waals surface area contributed by atoms with Gasteiger partial charge in [0.1, 0.15) is 0 Å². The van der Waals surface area contributed by atoms with Crippen LogP contribution in [0.5, 0.6) is 0 Å². The lowest BCUT2D eigenvalue weighted by molar-refractivity contribution is -0.120. The SMILES string of the molecule is C[C@@H]1CC(=O)Nc2ccccc2N1C(=O)CN(C)Cc1ccc(Cl)c(Cl)c1. The molecule has 0 fully saturated rings. The maximum atomic E-state index is 13.1. The van der Waals surface area contributed by atoms with Crippen LogP contribution in [0, 0.1) is 0 Å². The van der Waals surface area contributed by atoms with Crippen LogP contribution in [0.25, 0.3) is 0 Å². The molecule has 1 aliphatic heterocycles. The average Bonchev–Trinajstić information content (AvgIpc) is 2.72. The number of likely N-dealkylation sites (N-methyl/N-ethyl adjacent to an activating group) is 1. The van der Waals surface area contributed by atoms with E-state index in [1.54, 1.807) is 17.0 Å². The van der Waals surface area contributed by atoms with E-state index in [2.05, 4.69) is 5.32 Å². The largest absolute Gasteiger partial charge is 0.324 e. The van der Waals surface area contributed by atoms with Crippen molar-refractivity contribution >= 4 is 46.4 Å². The molecule has 2 amide bonds. The van der Waals surface area contributed by atoms with E-state index in [0.717, 1.165) is 11.3 Å². The summed E-state index contributed by atoms with van der Waals surface area (Å²) in [5, 5.41) is 3.87. The van der Waals surface area contributed by atoms with Gasteiger partial charge in [-0.2, -0.15) is 0 Å². The second-order valence-corrected chi connectivity index (χ2v) is 7.62. The molecule has 27 heavy (non-hydrogen) atoms. The highest BCUT2D eigenvalue weighted by Gasteiger charge is 2.29. The van der Waals surface area contributed by atoms with Crippen molar-refractivity contribution in [3.05, 3.63) is 58.1 Å². The molecule has 0 unspecified atom stereocenters. The average molecular weight is 406 g/mol. The molecule has 0 saturated carbocycles. The minimum absolute atomic E-state index is 0.0611. The minimum atomic E-state index is -0.223. The van der Waals surface area contributed by atoms with Crippen molar-refractivity contribution in [3.63, 3.8) is 0 Å². The van der Waals surface area contributed by atoms with Crippen LogP contribution in [0.1, 0.15) is 18.9 Å². The number of para-hydroxylation sites is 2. The van der Waals surface area contributed by atoms with Gasteiger partial charge < -0.3 is 10.2 Å². The Labute approximate surface area is 168 Å². The summed E-state index contributed by atoms with van der Waals surface area (Å²) >= 11 is 12.0. The summed E-state index contributed by atoms with van der Waals surface area (Å²) in [7, 11) is 1.87. The zero-order valence-electron chi connectivity index (χ0n) is 15.2. The zero-order chi connectivity index (χ0) is 19.6. The van der Waals surface area contributed by atoms with E-state index in [4.69, 9.17) is 23.2 Å². The lowest BCUT2D eigenvalue weighted by atomic mass is 10.1. The quantitative estimate of drug-likeness (QED) is 0.829. The molecule has 7 heteroatoms. The van der Waals surface area contributed by atoms with Crippen LogP contribution in [0.3, 0.4) is 0 Å². The molecule has 1 atom stereocenters. The normalized spacial score (nSPS) is 16.7. The first-order valence-electron chi connectivity index (χ1n) is 8.68. The Morgan fingerprint density at radius 2 is 1.96 bits per heavy atom. The molecule has 142 valence electrons. The number of carbonyl (C=O) groups excluding carboxylic acids is 2. The van der Waals surface area contributed by atoms with Gasteiger partial charge in [-0.25, -0.2) is 0 Å². The first-order valence-corrected chi connectivity index (χ1v) is 9.44. The van der Waals surface area contributed by atoms with E-state index in [1.165, 1.54) is 0 Å². The van der Waals surface area contributed by atoms with Gasteiger partial charge in [0.15, 0.2) is 0 Å². The Morgan fingerprint density at radius 3 is 2.70 bits per heavy atom. The van der Waals surface area contributed by atoms with Crippen LogP contribution in [0.4, 0.5) is 11.4 Å². The number of carbonyl (C=O) groups is 2. The number of nitrogens with one attached hydrogen (secondary N) is 1. The smallest absolute Gasteiger partial charge is 0.241 e. The summed E-state index contributed by atoms with van der Waals surface area (Å²) < 4.78 is 0. The molecule has 3 rings (SSSR count). The van der Waals surface area contributed by atoms with E-state index in [-0.39, 0.29) is 30.8 Å². The van der Waals surface area contributed by atoms with Gasteiger partial charge in [0.25, 0.3) is 0 Å². The van der Waals surface area contributed by atoms with Crippen molar-refractivity contribution in [2.45, 2.75) is 25.9 Å². The van der Waals surface area contributed by atoms with Crippen molar-refractivity contribution in [1.82, 2.24) is 4.90 Å². The Kier molecular flexibility index (Phi) is 6.05. The Morgan fingerprint density at radius 1 is 1.22 bits per heavy atom. The summed E-state index contributed by atoms with van der Waals surface area (Å²) in [6.45, 7) is 2.66. The van der Waals surface area contributed by atoms with Crippen molar-refractivity contribution in [2.24, 2.45) is 0 Å². The van der Waals surface area contributed by atoms with Crippen LogP contribution >= 0.6 is 23.2 Å². The zero-order valence-corrected chi connectivity index (χ0v) is 16.7. The van der Waals surface area contributed by atoms with Crippen molar-refractivity contribution in [1.29, 1.82) is 0 Å². The predicted molar refractivity (Wildman–Crippen MR) is 109 cm³/mol. The lowest BCUT2D eigenvalue weighted by Gasteiger charge is -2.29. The molecule has 1 heterocycles. The molecule has 2 aromatic rings. The molecule has 5 nitrogen and oxygen atoms in total. The number of hydrogen-bond donors (Lipinski definition) is 1. The van der Waals surface area contributed by atoms with E-state index in [9.17, 15) is 9.59 Å². The molecule has 1 aliphatic rings. The van der Waals surface area contributed by atoms with Gasteiger partial charge in [-0.15, -0.1) is 0 Å². The number of rotatable bonds is 4. The van der Waals surface area contributed by atoms with Gasteiger partial charge in [-0.1, -0.05) is 41.4 Å². The summed E-state index contributed by atoms with van der Waals surface area (Å²) in [6, 6.07) is 12.6. The first kappa shape index (κ1) is 19.7. The fraction of sp³-hybridized carbons (Fsp3) is 0.300. The van der Waals surface area contributed by atoms with Crippen LogP contribution in [0.15, 0.2) is 42.5 Å². The second-order valence-electron chi connectivity index (χ2n) is 6.80. The Bertz CT molecular complexity index is 872. The number of amides is 2. The summed E-state index contributed by atoms with van der Waals surface area (Å²) in [4.78, 5) is 28.7. The summed E-state index contributed by atoms with van der Waals surface area (Å²) in [5.74, 6) is -0.150. The summed E-state index contributed by atoms with van der Waals surface area (Å²) in [6.07, 6.45) is 0.261. The number of benzene rings is 2. The monoisotopic (exact) mass is 405 g/mol. The minimum Gasteiger partial charge on any atom is -0.324 e. The third kappa shape index (κ3) is 4.61. The lowest BCUT2D eigenvalue weighted by Crippen LogP contribution is -2.44. The van der Waals surface area contributed by atoms with Crippen molar-refractivity contribution in [3.8, 4) is 0 Å². The van der Waals surface area contributed by atoms with Gasteiger partial charge in [0.05, 0.1) is 28.0 Å². The number of nitrogens with zero attached hydrogens (tertiary/aromatic N) is 2. The standard InChI is InChI=1S/C20H21Cl2N3O2/c1-13-9-19(26)23-17-5-3-4-6-18(17)25(13)20(27)12-24(2)11-14-7-8-15(21)16(22)10-14/h3-8,10,13H,9,11-12H2,1-2H3,(H,23,26)/t13-/m1/s1. The maximum Gasteiger partial charge on any atom is 0.241 e. The van der Waals surface area contributed by atoms with Gasteiger partial charge in [0.2, 0.25) is 11.8 Å². The summed E-state index contributed by atoms with van der Waals surface area (Å²) in [5.41, 5.74) is 2.36. The van der Waals surface area contributed by atoms with Crippen molar-refractivity contribution in [2.75, 3.05) is 23.8 Å². The Hall–Kier alpha value is -2.08. The van der Waals surface area contributed by atoms with Gasteiger partial charge >= 0.3 is 0 Å². The van der Waals surface area contributed by atoms with Gasteiger partial charge in [-0.05, 0) is 43.8 Å². The second kappa shape index (κ2) is 8.30. The van der Waals surface area contributed by atoms with E-state index in [0.29, 0.717) is 22.3 Å². The number of anilines is 2. The molecular formula is C20H21Cl2N3O2. The predicted octanol–water partition coefficient (Wildman–Crippen LogP) is 4.19. The van der Waals surface area contributed by atoms with Crippen LogP contribution in [-0.4, -0.2) is 36.3 Å². The number of hydrogen-bond acceptors (Lipinski definition) is 3. The highest BCUT2D eigenvalue weighted by molar-refractivity contribution is 6.42. The first-order chi connectivity index (χ1) is 12.8. The Balaban J connectivity index is 1.76. The fourth-order valence-electron chi connectivity index (χ4n) is 3.28. The van der Waals surface area contributed by atoms with Crippen LogP contribution < -0.4 is 10.2 Å². The van der Waals surface area contributed by atoms with E-state index in [1.807, 2.05) is 49.2 Å². The molecule has 0 spiro atoms. The van der Waals surface area contributed by atoms with Gasteiger partial charge in [-0.3, -0.25) is 14.5 Å². The molecule has 1 N–H and O–H groups in total.